The first kappa shape index (κ1) is 11.5. The van der Waals surface area contributed by atoms with E-state index in [-0.39, 0.29) is 0 Å². The minimum absolute atomic E-state index is 0.380. The Bertz CT molecular complexity index is 348. The molecular formula is C14H22N2. The Morgan fingerprint density at radius 1 is 1.44 bits per heavy atom. The summed E-state index contributed by atoms with van der Waals surface area (Å²) < 4.78 is 0. The third-order valence-electron chi connectivity index (χ3n) is 3.66. The van der Waals surface area contributed by atoms with Crippen LogP contribution in [0.5, 0.6) is 0 Å². The molecule has 0 amide bonds. The molecule has 2 unspecified atom stereocenters. The lowest BCUT2D eigenvalue weighted by atomic mass is 9.94. The first-order chi connectivity index (χ1) is 7.70. The Labute approximate surface area is 98.4 Å². The van der Waals surface area contributed by atoms with Gasteiger partial charge in [-0.2, -0.15) is 0 Å². The molecule has 0 radical (unpaired) electrons. The van der Waals surface area contributed by atoms with Gasteiger partial charge in [0, 0.05) is 24.8 Å². The van der Waals surface area contributed by atoms with E-state index < -0.39 is 0 Å². The van der Waals surface area contributed by atoms with Crippen LogP contribution < -0.4 is 10.6 Å². The number of hydrogen-bond acceptors (Lipinski definition) is 2. The van der Waals surface area contributed by atoms with E-state index >= 15 is 0 Å². The average Bonchev–Trinajstić information content (AvgIpc) is 2.33. The SMILES string of the molecule is CCc1cccc(N2CCC(N)C(C)C2)c1. The zero-order valence-electron chi connectivity index (χ0n) is 10.3. The highest BCUT2D eigenvalue weighted by Crippen LogP contribution is 2.23. The maximum atomic E-state index is 6.05. The summed E-state index contributed by atoms with van der Waals surface area (Å²) in [5, 5.41) is 0. The molecule has 0 aromatic heterocycles. The standard InChI is InChI=1S/C14H22N2/c1-3-12-5-4-6-13(9-12)16-8-7-14(15)11(2)10-16/h4-6,9,11,14H,3,7-8,10,15H2,1-2H3. The highest BCUT2D eigenvalue weighted by molar-refractivity contribution is 5.49. The Kier molecular flexibility index (Phi) is 3.49. The van der Waals surface area contributed by atoms with Crippen molar-refractivity contribution >= 4 is 5.69 Å². The minimum atomic E-state index is 0.380. The molecule has 0 aliphatic carbocycles. The van der Waals surface area contributed by atoms with Crippen LogP contribution in [0.25, 0.3) is 0 Å². The van der Waals surface area contributed by atoms with Crippen LogP contribution >= 0.6 is 0 Å². The first-order valence-corrected chi connectivity index (χ1v) is 6.30. The van der Waals surface area contributed by atoms with Gasteiger partial charge in [-0.15, -0.1) is 0 Å². The van der Waals surface area contributed by atoms with Crippen molar-refractivity contribution in [1.29, 1.82) is 0 Å². The van der Waals surface area contributed by atoms with Crippen molar-refractivity contribution in [2.45, 2.75) is 32.7 Å². The lowest BCUT2D eigenvalue weighted by Crippen LogP contribution is -2.45. The third-order valence-corrected chi connectivity index (χ3v) is 3.66. The fourth-order valence-electron chi connectivity index (χ4n) is 2.37. The smallest absolute Gasteiger partial charge is 0.0369 e. The lowest BCUT2D eigenvalue weighted by Gasteiger charge is -2.36. The molecule has 1 fully saturated rings. The van der Waals surface area contributed by atoms with Gasteiger partial charge in [0.2, 0.25) is 0 Å². The summed E-state index contributed by atoms with van der Waals surface area (Å²) in [6, 6.07) is 9.26. The molecule has 2 nitrogen and oxygen atoms in total. The molecular weight excluding hydrogens is 196 g/mol. The van der Waals surface area contributed by atoms with E-state index in [1.165, 1.54) is 11.3 Å². The molecule has 1 saturated heterocycles. The predicted molar refractivity (Wildman–Crippen MR) is 69.8 cm³/mol. The lowest BCUT2D eigenvalue weighted by molar-refractivity contribution is 0.383. The van der Waals surface area contributed by atoms with E-state index in [2.05, 4.69) is 43.0 Å². The molecule has 16 heavy (non-hydrogen) atoms. The van der Waals surface area contributed by atoms with E-state index in [9.17, 15) is 0 Å². The highest BCUT2D eigenvalue weighted by atomic mass is 15.1. The van der Waals surface area contributed by atoms with E-state index in [0.29, 0.717) is 12.0 Å². The van der Waals surface area contributed by atoms with Gasteiger partial charge in [0.05, 0.1) is 0 Å². The van der Waals surface area contributed by atoms with Gasteiger partial charge >= 0.3 is 0 Å². The molecule has 88 valence electrons. The van der Waals surface area contributed by atoms with E-state index in [0.717, 1.165) is 25.9 Å². The number of nitrogens with two attached hydrogens (primary N) is 1. The predicted octanol–water partition coefficient (Wildman–Crippen LogP) is 2.42. The van der Waals surface area contributed by atoms with Gasteiger partial charge in [0.1, 0.15) is 0 Å². The Morgan fingerprint density at radius 2 is 2.25 bits per heavy atom. The van der Waals surface area contributed by atoms with E-state index in [1.54, 1.807) is 0 Å². The van der Waals surface area contributed by atoms with Gasteiger partial charge in [-0.25, -0.2) is 0 Å². The third kappa shape index (κ3) is 2.38. The van der Waals surface area contributed by atoms with Gasteiger partial charge in [0.15, 0.2) is 0 Å². The van der Waals surface area contributed by atoms with Gasteiger partial charge in [-0.05, 0) is 36.5 Å². The Balaban J connectivity index is 2.12. The second-order valence-corrected chi connectivity index (χ2v) is 4.90. The second-order valence-electron chi connectivity index (χ2n) is 4.90. The molecule has 1 aromatic carbocycles. The molecule has 1 aromatic rings. The fraction of sp³-hybridized carbons (Fsp3) is 0.571. The van der Waals surface area contributed by atoms with Crippen LogP contribution in [0, 0.1) is 5.92 Å². The summed E-state index contributed by atoms with van der Waals surface area (Å²) in [5.41, 5.74) is 8.82. The summed E-state index contributed by atoms with van der Waals surface area (Å²) in [5.74, 6) is 0.596. The fourth-order valence-corrected chi connectivity index (χ4v) is 2.37. The van der Waals surface area contributed by atoms with Crippen molar-refractivity contribution in [2.24, 2.45) is 11.7 Å². The van der Waals surface area contributed by atoms with Crippen LogP contribution in [-0.2, 0) is 6.42 Å². The quantitative estimate of drug-likeness (QED) is 0.826. The summed E-state index contributed by atoms with van der Waals surface area (Å²) in [6.07, 6.45) is 2.22. The van der Waals surface area contributed by atoms with Crippen molar-refractivity contribution in [2.75, 3.05) is 18.0 Å². The molecule has 1 aliphatic rings. The van der Waals surface area contributed by atoms with E-state index in [4.69, 9.17) is 5.73 Å². The van der Waals surface area contributed by atoms with Crippen LogP contribution in [0.1, 0.15) is 25.8 Å². The maximum absolute atomic E-state index is 6.05. The molecule has 0 saturated carbocycles. The second kappa shape index (κ2) is 4.88. The summed E-state index contributed by atoms with van der Waals surface area (Å²) in [7, 11) is 0. The number of benzene rings is 1. The average molecular weight is 218 g/mol. The Hall–Kier alpha value is -1.02. The van der Waals surface area contributed by atoms with Crippen molar-refractivity contribution in [3.05, 3.63) is 29.8 Å². The molecule has 2 atom stereocenters. The van der Waals surface area contributed by atoms with Gasteiger partial charge in [-0.1, -0.05) is 26.0 Å². The zero-order valence-corrected chi connectivity index (χ0v) is 10.3. The van der Waals surface area contributed by atoms with Crippen molar-refractivity contribution in [1.82, 2.24) is 0 Å². The number of aryl methyl sites for hydroxylation is 1. The molecule has 2 N–H and O–H groups in total. The van der Waals surface area contributed by atoms with E-state index in [1.807, 2.05) is 0 Å². The van der Waals surface area contributed by atoms with Gasteiger partial charge < -0.3 is 10.6 Å². The molecule has 2 rings (SSSR count). The minimum Gasteiger partial charge on any atom is -0.371 e. The van der Waals surface area contributed by atoms with Crippen molar-refractivity contribution < 1.29 is 0 Å². The monoisotopic (exact) mass is 218 g/mol. The first-order valence-electron chi connectivity index (χ1n) is 6.30. The summed E-state index contributed by atoms with van der Waals surface area (Å²) in [6.45, 7) is 6.64. The largest absolute Gasteiger partial charge is 0.371 e. The van der Waals surface area contributed by atoms with Crippen molar-refractivity contribution in [3.8, 4) is 0 Å². The number of anilines is 1. The maximum Gasteiger partial charge on any atom is 0.0369 e. The van der Waals surface area contributed by atoms with Crippen LogP contribution in [-0.4, -0.2) is 19.1 Å². The highest BCUT2D eigenvalue weighted by Gasteiger charge is 2.23. The molecule has 0 bridgehead atoms. The summed E-state index contributed by atoms with van der Waals surface area (Å²) in [4.78, 5) is 2.47. The summed E-state index contributed by atoms with van der Waals surface area (Å²) >= 11 is 0. The molecule has 1 aliphatic heterocycles. The normalized spacial score (nSPS) is 25.8. The molecule has 0 spiro atoms. The topological polar surface area (TPSA) is 29.3 Å². The van der Waals surface area contributed by atoms with Crippen LogP contribution in [0.15, 0.2) is 24.3 Å². The van der Waals surface area contributed by atoms with Crippen LogP contribution in [0.3, 0.4) is 0 Å². The number of nitrogens with zero attached hydrogens (tertiary/aromatic N) is 1. The Morgan fingerprint density at radius 3 is 2.94 bits per heavy atom. The van der Waals surface area contributed by atoms with Gasteiger partial charge in [-0.3, -0.25) is 0 Å². The number of hydrogen-bond donors (Lipinski definition) is 1. The van der Waals surface area contributed by atoms with Crippen LogP contribution in [0.2, 0.25) is 0 Å². The molecule has 2 heteroatoms. The zero-order chi connectivity index (χ0) is 11.5. The van der Waals surface area contributed by atoms with Gasteiger partial charge in [0.25, 0.3) is 0 Å². The molecule has 1 heterocycles. The van der Waals surface area contributed by atoms with Crippen LogP contribution in [0.4, 0.5) is 5.69 Å². The number of rotatable bonds is 2. The number of piperidine rings is 1. The van der Waals surface area contributed by atoms with Crippen molar-refractivity contribution in [3.63, 3.8) is 0 Å².